The highest BCUT2D eigenvalue weighted by molar-refractivity contribution is 7.87. The molecular weight excluding hydrogens is 312 g/mol. The highest BCUT2D eigenvalue weighted by Gasteiger charge is 2.17. The second-order valence-electron chi connectivity index (χ2n) is 4.53. The topological polar surface area (TPSA) is 60.4 Å². The summed E-state index contributed by atoms with van der Waals surface area (Å²) in [7, 11) is -3.94. The highest BCUT2D eigenvalue weighted by atomic mass is 35.5. The Morgan fingerprint density at radius 1 is 1.10 bits per heavy atom. The summed E-state index contributed by atoms with van der Waals surface area (Å²) >= 11 is 5.88. The molecule has 0 fully saturated rings. The van der Waals surface area contributed by atoms with Gasteiger partial charge in [-0.3, -0.25) is 4.79 Å². The predicted octanol–water partition coefficient (Wildman–Crippen LogP) is 3.62. The second-order valence-corrected chi connectivity index (χ2v) is 6.48. The smallest absolute Gasteiger partial charge is 0.339 e. The van der Waals surface area contributed by atoms with Crippen molar-refractivity contribution >= 4 is 27.5 Å². The zero-order valence-corrected chi connectivity index (χ0v) is 13.0. The Balaban J connectivity index is 2.29. The first-order valence-electron chi connectivity index (χ1n) is 6.11. The van der Waals surface area contributed by atoms with E-state index in [0.29, 0.717) is 10.6 Å². The highest BCUT2D eigenvalue weighted by Crippen LogP contribution is 2.24. The molecule has 4 nitrogen and oxygen atoms in total. The fourth-order valence-electron chi connectivity index (χ4n) is 1.70. The largest absolute Gasteiger partial charge is 0.379 e. The molecule has 21 heavy (non-hydrogen) atoms. The van der Waals surface area contributed by atoms with Crippen LogP contribution in [0.3, 0.4) is 0 Å². The first-order valence-corrected chi connectivity index (χ1v) is 7.90. The van der Waals surface area contributed by atoms with E-state index in [1.165, 1.54) is 37.3 Å². The fraction of sp³-hybridized carbons (Fsp3) is 0.133. The average molecular weight is 325 g/mol. The van der Waals surface area contributed by atoms with Gasteiger partial charge in [0.2, 0.25) is 0 Å². The summed E-state index contributed by atoms with van der Waals surface area (Å²) in [5, 5.41) is 0.533. The number of benzene rings is 2. The minimum Gasteiger partial charge on any atom is -0.379 e. The molecule has 0 amide bonds. The van der Waals surface area contributed by atoms with Crippen LogP contribution in [-0.4, -0.2) is 14.2 Å². The molecule has 0 aliphatic heterocycles. The third-order valence-electron chi connectivity index (χ3n) is 2.88. The Bertz CT molecular complexity index is 780. The second kappa shape index (κ2) is 5.87. The molecule has 6 heteroatoms. The molecule has 0 N–H and O–H groups in total. The maximum atomic E-state index is 12.1. The quantitative estimate of drug-likeness (QED) is 0.636. The van der Waals surface area contributed by atoms with Gasteiger partial charge in [-0.05, 0) is 49.7 Å². The van der Waals surface area contributed by atoms with Crippen LogP contribution in [0.2, 0.25) is 5.02 Å². The van der Waals surface area contributed by atoms with Crippen LogP contribution in [0.4, 0.5) is 0 Å². The van der Waals surface area contributed by atoms with Crippen molar-refractivity contribution in [1.29, 1.82) is 0 Å². The molecule has 0 heterocycles. The zero-order valence-electron chi connectivity index (χ0n) is 11.5. The van der Waals surface area contributed by atoms with Gasteiger partial charge in [0.05, 0.1) is 0 Å². The minimum absolute atomic E-state index is 0.0138. The lowest BCUT2D eigenvalue weighted by molar-refractivity contribution is 0.101. The molecule has 0 radical (unpaired) electrons. The first kappa shape index (κ1) is 15.5. The zero-order chi connectivity index (χ0) is 15.6. The van der Waals surface area contributed by atoms with E-state index in [2.05, 4.69) is 0 Å². The van der Waals surface area contributed by atoms with E-state index in [1.807, 2.05) is 0 Å². The lowest BCUT2D eigenvalue weighted by Crippen LogP contribution is -2.10. The summed E-state index contributed by atoms with van der Waals surface area (Å²) in [6.07, 6.45) is 0. The number of halogens is 1. The molecule has 2 rings (SSSR count). The Morgan fingerprint density at radius 2 is 1.71 bits per heavy atom. The van der Waals surface area contributed by atoms with Crippen LogP contribution in [0, 0.1) is 6.92 Å². The van der Waals surface area contributed by atoms with E-state index in [1.54, 1.807) is 19.1 Å². The molecule has 0 aromatic heterocycles. The van der Waals surface area contributed by atoms with E-state index < -0.39 is 10.1 Å². The number of rotatable bonds is 4. The summed E-state index contributed by atoms with van der Waals surface area (Å²) in [4.78, 5) is 11.2. The van der Waals surface area contributed by atoms with Crippen molar-refractivity contribution < 1.29 is 17.4 Å². The van der Waals surface area contributed by atoms with E-state index in [4.69, 9.17) is 15.8 Å². The number of hydrogen-bond acceptors (Lipinski definition) is 4. The van der Waals surface area contributed by atoms with Gasteiger partial charge in [-0.1, -0.05) is 23.7 Å². The van der Waals surface area contributed by atoms with Crippen molar-refractivity contribution in [2.45, 2.75) is 18.7 Å². The van der Waals surface area contributed by atoms with Crippen LogP contribution in [0.15, 0.2) is 47.4 Å². The van der Waals surface area contributed by atoms with Crippen molar-refractivity contribution in [1.82, 2.24) is 0 Å². The van der Waals surface area contributed by atoms with Gasteiger partial charge in [0.15, 0.2) is 5.78 Å². The summed E-state index contributed by atoms with van der Waals surface area (Å²) < 4.78 is 29.3. The van der Waals surface area contributed by atoms with Crippen molar-refractivity contribution in [3.63, 3.8) is 0 Å². The number of aryl methyl sites for hydroxylation is 1. The Labute approximate surface area is 128 Å². The molecule has 2 aromatic rings. The Hall–Kier alpha value is -1.85. The Kier molecular flexibility index (Phi) is 4.34. The van der Waals surface area contributed by atoms with Gasteiger partial charge in [-0.2, -0.15) is 8.42 Å². The van der Waals surface area contributed by atoms with E-state index in [0.717, 1.165) is 5.56 Å². The monoisotopic (exact) mass is 324 g/mol. The lowest BCUT2D eigenvalue weighted by Gasteiger charge is -2.08. The number of ketones is 1. The van der Waals surface area contributed by atoms with Gasteiger partial charge >= 0.3 is 10.1 Å². The molecule has 0 saturated heterocycles. The molecule has 0 aliphatic rings. The van der Waals surface area contributed by atoms with E-state index >= 15 is 0 Å². The number of hydrogen-bond donors (Lipinski definition) is 0. The van der Waals surface area contributed by atoms with Crippen LogP contribution in [0.1, 0.15) is 22.8 Å². The van der Waals surface area contributed by atoms with E-state index in [9.17, 15) is 13.2 Å². The molecule has 0 saturated carbocycles. The number of carbonyl (C=O) groups excluding carboxylic acids is 1. The third kappa shape index (κ3) is 3.62. The van der Waals surface area contributed by atoms with Crippen molar-refractivity contribution in [3.05, 3.63) is 58.6 Å². The number of carbonyl (C=O) groups is 1. The van der Waals surface area contributed by atoms with E-state index in [-0.39, 0.29) is 16.4 Å². The van der Waals surface area contributed by atoms with Crippen LogP contribution in [0.25, 0.3) is 0 Å². The van der Waals surface area contributed by atoms with Crippen LogP contribution in [0.5, 0.6) is 5.75 Å². The van der Waals surface area contributed by atoms with Gasteiger partial charge in [-0.25, -0.2) is 0 Å². The summed E-state index contributed by atoms with van der Waals surface area (Å²) in [6, 6.07) is 10.2. The maximum absolute atomic E-state index is 12.1. The van der Waals surface area contributed by atoms with Gasteiger partial charge in [0, 0.05) is 10.6 Å². The lowest BCUT2D eigenvalue weighted by atomic mass is 10.2. The van der Waals surface area contributed by atoms with Crippen LogP contribution in [-0.2, 0) is 10.1 Å². The standard InChI is InChI=1S/C15H13ClO4S/c1-10-9-13(5-8-15(10)16)20-21(18,19)14-6-3-12(4-7-14)11(2)17/h3-9H,1-2H3. The SMILES string of the molecule is CC(=O)c1ccc(S(=O)(=O)Oc2ccc(Cl)c(C)c2)cc1. The molecular formula is C15H13ClO4S. The van der Waals surface area contributed by atoms with Crippen molar-refractivity contribution in [3.8, 4) is 5.75 Å². The maximum Gasteiger partial charge on any atom is 0.339 e. The predicted molar refractivity (Wildman–Crippen MR) is 80.4 cm³/mol. The third-order valence-corrected chi connectivity index (χ3v) is 4.57. The molecule has 110 valence electrons. The first-order chi connectivity index (χ1) is 9.79. The molecule has 0 atom stereocenters. The summed E-state index contributed by atoms with van der Waals surface area (Å²) in [5.41, 5.74) is 1.16. The fourth-order valence-corrected chi connectivity index (χ4v) is 2.74. The number of Topliss-reactive ketones (excluding diaryl/α,β-unsaturated/α-hetero) is 1. The van der Waals surface area contributed by atoms with Crippen molar-refractivity contribution in [2.75, 3.05) is 0 Å². The molecule has 2 aromatic carbocycles. The summed E-state index contributed by atoms with van der Waals surface area (Å²) in [6.45, 7) is 3.17. The van der Waals surface area contributed by atoms with Crippen LogP contribution >= 0.6 is 11.6 Å². The molecule has 0 spiro atoms. The molecule has 0 unspecified atom stereocenters. The Morgan fingerprint density at radius 3 is 2.24 bits per heavy atom. The average Bonchev–Trinajstić information content (AvgIpc) is 2.43. The van der Waals surface area contributed by atoms with Gasteiger partial charge in [-0.15, -0.1) is 0 Å². The van der Waals surface area contributed by atoms with Gasteiger partial charge in [0.25, 0.3) is 0 Å². The van der Waals surface area contributed by atoms with Gasteiger partial charge in [0.1, 0.15) is 10.6 Å². The minimum atomic E-state index is -3.94. The van der Waals surface area contributed by atoms with Crippen molar-refractivity contribution in [2.24, 2.45) is 0 Å². The normalized spacial score (nSPS) is 11.2. The molecule has 0 bridgehead atoms. The summed E-state index contributed by atoms with van der Waals surface area (Å²) in [5.74, 6) is 0.0562. The van der Waals surface area contributed by atoms with Gasteiger partial charge < -0.3 is 4.18 Å². The van der Waals surface area contributed by atoms with Crippen LogP contribution < -0.4 is 4.18 Å². The molecule has 0 aliphatic carbocycles.